The number of alkyl halides is 2. The first-order valence-corrected chi connectivity index (χ1v) is 9.35. The molecule has 0 bridgehead atoms. The van der Waals surface area contributed by atoms with E-state index < -0.39 is 24.4 Å². The lowest BCUT2D eigenvalue weighted by Gasteiger charge is -2.19. The SMILES string of the molecule is CC(C)(C)n1nc(-n2c(C(=O)NCC(F)F)cc3ccccc32)c2c(N)ncnc21. The molecule has 0 saturated heterocycles. The summed E-state index contributed by atoms with van der Waals surface area (Å²) in [6.45, 7) is 5.14. The van der Waals surface area contributed by atoms with Crippen molar-refractivity contribution in [2.24, 2.45) is 0 Å². The lowest BCUT2D eigenvalue weighted by molar-refractivity contribution is 0.0885. The van der Waals surface area contributed by atoms with Gasteiger partial charge >= 0.3 is 0 Å². The van der Waals surface area contributed by atoms with Gasteiger partial charge < -0.3 is 11.1 Å². The zero-order valence-electron chi connectivity index (χ0n) is 16.7. The Morgan fingerprint density at radius 2 is 1.97 bits per heavy atom. The van der Waals surface area contributed by atoms with Crippen molar-refractivity contribution < 1.29 is 13.6 Å². The van der Waals surface area contributed by atoms with Gasteiger partial charge in [0, 0.05) is 5.39 Å². The lowest BCUT2D eigenvalue weighted by Crippen LogP contribution is -2.30. The van der Waals surface area contributed by atoms with Gasteiger partial charge in [0.15, 0.2) is 11.5 Å². The Kier molecular flexibility index (Phi) is 4.64. The van der Waals surface area contributed by atoms with Gasteiger partial charge in [-0.05, 0) is 32.9 Å². The third kappa shape index (κ3) is 3.23. The average molecular weight is 413 g/mol. The maximum atomic E-state index is 12.8. The summed E-state index contributed by atoms with van der Waals surface area (Å²) in [5, 5.41) is 8.22. The number of nitrogens with two attached hydrogens (primary N) is 1. The molecule has 3 heterocycles. The summed E-state index contributed by atoms with van der Waals surface area (Å²) in [6.07, 6.45) is -1.30. The number of halogens is 2. The monoisotopic (exact) mass is 413 g/mol. The van der Waals surface area contributed by atoms with Crippen molar-refractivity contribution in [3.8, 4) is 5.82 Å². The van der Waals surface area contributed by atoms with Gasteiger partial charge in [-0.2, -0.15) is 5.10 Å². The Balaban J connectivity index is 2.03. The summed E-state index contributed by atoms with van der Waals surface area (Å²) < 4.78 is 28.7. The predicted octanol–water partition coefficient (Wildman–Crippen LogP) is 3.10. The van der Waals surface area contributed by atoms with Crippen molar-refractivity contribution in [3.63, 3.8) is 0 Å². The number of benzene rings is 1. The van der Waals surface area contributed by atoms with Crippen LogP contribution in [0.2, 0.25) is 0 Å². The van der Waals surface area contributed by atoms with Crippen molar-refractivity contribution >= 4 is 33.7 Å². The highest BCUT2D eigenvalue weighted by atomic mass is 19.3. The number of fused-ring (bicyclic) bond motifs is 2. The molecule has 1 aromatic carbocycles. The van der Waals surface area contributed by atoms with Crippen molar-refractivity contribution in [3.05, 3.63) is 42.4 Å². The van der Waals surface area contributed by atoms with Gasteiger partial charge in [-0.15, -0.1) is 0 Å². The predicted molar refractivity (Wildman–Crippen MR) is 110 cm³/mol. The number of rotatable bonds is 4. The number of nitrogen functional groups attached to an aromatic ring is 1. The number of nitrogens with zero attached hydrogens (tertiary/aromatic N) is 5. The molecule has 4 aromatic rings. The molecule has 156 valence electrons. The first kappa shape index (κ1) is 19.7. The van der Waals surface area contributed by atoms with Crippen LogP contribution >= 0.6 is 0 Å². The number of aromatic nitrogens is 5. The van der Waals surface area contributed by atoms with Gasteiger partial charge in [-0.3, -0.25) is 9.36 Å². The minimum atomic E-state index is -2.66. The lowest BCUT2D eigenvalue weighted by atomic mass is 10.1. The van der Waals surface area contributed by atoms with Crippen LogP contribution in [0.5, 0.6) is 0 Å². The normalized spacial score (nSPS) is 12.2. The van der Waals surface area contributed by atoms with Crippen LogP contribution in [0.15, 0.2) is 36.7 Å². The first-order chi connectivity index (χ1) is 14.2. The number of carbonyl (C=O) groups excluding carboxylic acids is 1. The van der Waals surface area contributed by atoms with Crippen molar-refractivity contribution in [2.75, 3.05) is 12.3 Å². The van der Waals surface area contributed by atoms with Crippen LogP contribution in [0.25, 0.3) is 27.8 Å². The highest BCUT2D eigenvalue weighted by Crippen LogP contribution is 2.32. The largest absolute Gasteiger partial charge is 0.383 e. The quantitative estimate of drug-likeness (QED) is 0.535. The van der Waals surface area contributed by atoms with Crippen molar-refractivity contribution in [2.45, 2.75) is 32.7 Å². The van der Waals surface area contributed by atoms with Crippen LogP contribution < -0.4 is 11.1 Å². The molecule has 3 aromatic heterocycles. The third-order valence-electron chi connectivity index (χ3n) is 4.68. The number of carbonyl (C=O) groups is 1. The molecule has 4 rings (SSSR count). The number of hydrogen-bond donors (Lipinski definition) is 2. The molecule has 0 spiro atoms. The fraction of sp³-hybridized carbons (Fsp3) is 0.300. The number of para-hydroxylation sites is 1. The molecule has 0 aliphatic carbocycles. The van der Waals surface area contributed by atoms with Gasteiger partial charge in [-0.1, -0.05) is 18.2 Å². The zero-order valence-corrected chi connectivity index (χ0v) is 16.7. The number of anilines is 1. The summed E-state index contributed by atoms with van der Waals surface area (Å²) in [5.74, 6) is -0.0657. The second-order valence-corrected chi connectivity index (χ2v) is 7.89. The number of amides is 1. The number of nitrogens with one attached hydrogen (secondary N) is 1. The van der Waals surface area contributed by atoms with E-state index in [1.165, 1.54) is 6.33 Å². The Labute approximate surface area is 170 Å². The van der Waals surface area contributed by atoms with Crippen LogP contribution in [0.4, 0.5) is 14.6 Å². The Morgan fingerprint density at radius 3 is 2.67 bits per heavy atom. The molecular formula is C20H21F2N7O. The molecule has 30 heavy (non-hydrogen) atoms. The van der Waals surface area contributed by atoms with Crippen LogP contribution in [0.1, 0.15) is 31.3 Å². The Hall–Kier alpha value is -3.56. The molecule has 10 heteroatoms. The highest BCUT2D eigenvalue weighted by molar-refractivity contribution is 6.02. The van der Waals surface area contributed by atoms with Gasteiger partial charge in [-0.25, -0.2) is 23.4 Å². The minimum absolute atomic E-state index is 0.167. The maximum Gasteiger partial charge on any atom is 0.268 e. The van der Waals surface area contributed by atoms with Gasteiger partial charge in [0.2, 0.25) is 0 Å². The standard InChI is InChI=1S/C20H21F2N7O/c1-20(2,3)29-17-15(16(23)25-10-26-17)18(27-29)28-12-7-5-4-6-11(12)8-13(28)19(30)24-9-14(21)22/h4-8,10,14H,9H2,1-3H3,(H,24,30)(H2,23,25,26). The first-order valence-electron chi connectivity index (χ1n) is 9.35. The minimum Gasteiger partial charge on any atom is -0.383 e. The molecule has 0 aliphatic heterocycles. The summed E-state index contributed by atoms with van der Waals surface area (Å²) in [5.41, 5.74) is 7.11. The second-order valence-electron chi connectivity index (χ2n) is 7.89. The van der Waals surface area contributed by atoms with Gasteiger partial charge in [0.25, 0.3) is 12.3 Å². The van der Waals surface area contributed by atoms with E-state index in [1.807, 2.05) is 45.0 Å². The molecule has 8 nitrogen and oxygen atoms in total. The van der Waals surface area contributed by atoms with Crippen LogP contribution in [0.3, 0.4) is 0 Å². The summed E-state index contributed by atoms with van der Waals surface area (Å²) in [7, 11) is 0. The molecule has 0 fully saturated rings. The smallest absolute Gasteiger partial charge is 0.268 e. The van der Waals surface area contributed by atoms with Crippen molar-refractivity contribution in [1.29, 1.82) is 0 Å². The fourth-order valence-electron chi connectivity index (χ4n) is 3.39. The van der Waals surface area contributed by atoms with Gasteiger partial charge in [0.1, 0.15) is 23.2 Å². The van der Waals surface area contributed by atoms with Gasteiger partial charge in [0.05, 0.1) is 17.6 Å². The molecule has 0 aliphatic rings. The molecule has 0 atom stereocenters. The Morgan fingerprint density at radius 1 is 1.23 bits per heavy atom. The van der Waals surface area contributed by atoms with E-state index in [1.54, 1.807) is 15.3 Å². The molecule has 3 N–H and O–H groups in total. The van der Waals surface area contributed by atoms with Crippen LogP contribution in [-0.4, -0.2) is 43.2 Å². The van der Waals surface area contributed by atoms with Crippen molar-refractivity contribution in [1.82, 2.24) is 29.6 Å². The van der Waals surface area contributed by atoms with E-state index in [-0.39, 0.29) is 11.5 Å². The molecule has 0 unspecified atom stereocenters. The topological polar surface area (TPSA) is 104 Å². The fourth-order valence-corrected chi connectivity index (χ4v) is 3.39. The van der Waals surface area contributed by atoms with E-state index in [9.17, 15) is 13.6 Å². The van der Waals surface area contributed by atoms with E-state index >= 15 is 0 Å². The second kappa shape index (κ2) is 7.05. The molecule has 0 radical (unpaired) electrons. The molecule has 1 amide bonds. The summed E-state index contributed by atoms with van der Waals surface area (Å²) in [4.78, 5) is 21.2. The van der Waals surface area contributed by atoms with Crippen LogP contribution in [-0.2, 0) is 5.54 Å². The average Bonchev–Trinajstić information content (AvgIpc) is 3.25. The molecular weight excluding hydrogens is 392 g/mol. The van der Waals surface area contributed by atoms with E-state index in [2.05, 4.69) is 15.3 Å². The summed E-state index contributed by atoms with van der Waals surface area (Å²) in [6, 6.07) is 8.94. The van der Waals surface area contributed by atoms with E-state index in [0.29, 0.717) is 22.4 Å². The van der Waals surface area contributed by atoms with Crippen LogP contribution in [0, 0.1) is 0 Å². The molecule has 0 saturated carbocycles. The Bertz CT molecular complexity index is 1250. The maximum absolute atomic E-state index is 12.8. The third-order valence-corrected chi connectivity index (χ3v) is 4.68. The highest BCUT2D eigenvalue weighted by Gasteiger charge is 2.27. The summed E-state index contributed by atoms with van der Waals surface area (Å²) >= 11 is 0. The van der Waals surface area contributed by atoms with E-state index in [4.69, 9.17) is 10.8 Å². The zero-order chi connectivity index (χ0) is 21.6. The number of hydrogen-bond acceptors (Lipinski definition) is 5. The van der Waals surface area contributed by atoms with E-state index in [0.717, 1.165) is 5.39 Å².